The number of ether oxygens (including phenoxy) is 1. The number of hydrogen-bond donors (Lipinski definition) is 0. The molecule has 1 saturated carbocycles. The number of alkyl halides is 1. The largest absolute Gasteiger partial charge is 0.496 e. The Hall–Kier alpha value is -0.800. The molecule has 1 aromatic heterocycles. The van der Waals surface area contributed by atoms with E-state index in [4.69, 9.17) is 16.3 Å². The highest BCUT2D eigenvalue weighted by atomic mass is 35.5. The van der Waals surface area contributed by atoms with Gasteiger partial charge in [0.25, 0.3) is 0 Å². The summed E-state index contributed by atoms with van der Waals surface area (Å²) in [5.74, 6) is 1.64. The van der Waals surface area contributed by atoms with E-state index in [2.05, 4.69) is 16.8 Å². The van der Waals surface area contributed by atoms with Crippen molar-refractivity contribution >= 4 is 11.6 Å². The third-order valence-electron chi connectivity index (χ3n) is 4.07. The van der Waals surface area contributed by atoms with E-state index in [1.165, 1.54) is 19.3 Å². The van der Waals surface area contributed by atoms with Crippen LogP contribution in [0.2, 0.25) is 0 Å². The van der Waals surface area contributed by atoms with Crippen LogP contribution < -0.4 is 4.74 Å². The third-order valence-corrected chi connectivity index (χ3v) is 4.23. The standard InChI is InChI=1S/C15H23ClN2O/c1-11-9-17-14(12(2)15(11)19-3)10-18(8-7-16)13-5-4-6-13/h9,13H,4-8,10H2,1-3H3. The number of aromatic nitrogens is 1. The number of aryl methyl sites for hydroxylation is 1. The van der Waals surface area contributed by atoms with E-state index in [0.29, 0.717) is 11.9 Å². The van der Waals surface area contributed by atoms with E-state index in [1.54, 1.807) is 7.11 Å². The normalized spacial score (nSPS) is 15.6. The van der Waals surface area contributed by atoms with Crippen molar-refractivity contribution in [1.29, 1.82) is 0 Å². The van der Waals surface area contributed by atoms with Crippen LogP contribution in [0.1, 0.15) is 36.1 Å². The third kappa shape index (κ3) is 3.21. The molecule has 3 nitrogen and oxygen atoms in total. The molecule has 0 atom stereocenters. The van der Waals surface area contributed by atoms with Crippen molar-refractivity contribution in [3.8, 4) is 5.75 Å². The Balaban J connectivity index is 2.16. The zero-order chi connectivity index (χ0) is 13.8. The molecule has 19 heavy (non-hydrogen) atoms. The van der Waals surface area contributed by atoms with E-state index < -0.39 is 0 Å². The van der Waals surface area contributed by atoms with E-state index in [-0.39, 0.29) is 0 Å². The van der Waals surface area contributed by atoms with Gasteiger partial charge in [0.05, 0.1) is 12.8 Å². The summed E-state index contributed by atoms with van der Waals surface area (Å²) in [6.45, 7) is 5.93. The highest BCUT2D eigenvalue weighted by Gasteiger charge is 2.25. The fraction of sp³-hybridized carbons (Fsp3) is 0.667. The second kappa shape index (κ2) is 6.58. The molecule has 0 unspecified atom stereocenters. The zero-order valence-corrected chi connectivity index (χ0v) is 12.8. The molecule has 1 aliphatic rings. The first-order chi connectivity index (χ1) is 9.17. The minimum absolute atomic E-state index is 0.679. The molecule has 0 N–H and O–H groups in total. The number of rotatable bonds is 6. The summed E-state index contributed by atoms with van der Waals surface area (Å²) >= 11 is 5.92. The van der Waals surface area contributed by atoms with Crippen LogP contribution in [0.25, 0.3) is 0 Å². The molecule has 1 aliphatic carbocycles. The summed E-state index contributed by atoms with van der Waals surface area (Å²) < 4.78 is 5.47. The average molecular weight is 283 g/mol. The smallest absolute Gasteiger partial charge is 0.128 e. The number of methoxy groups -OCH3 is 1. The summed E-state index contributed by atoms with van der Waals surface area (Å²) in [6, 6.07) is 0.687. The maximum atomic E-state index is 5.92. The lowest BCUT2D eigenvalue weighted by Gasteiger charge is -2.37. The Labute approximate surface area is 120 Å². The van der Waals surface area contributed by atoms with Gasteiger partial charge in [-0.1, -0.05) is 6.42 Å². The molecule has 1 aromatic rings. The van der Waals surface area contributed by atoms with Crippen molar-refractivity contribution < 1.29 is 4.74 Å². The minimum Gasteiger partial charge on any atom is -0.496 e. The molecule has 0 aliphatic heterocycles. The second-order valence-corrected chi connectivity index (χ2v) is 5.67. The van der Waals surface area contributed by atoms with Crippen LogP contribution in [0.3, 0.4) is 0 Å². The highest BCUT2D eigenvalue weighted by molar-refractivity contribution is 6.18. The predicted molar refractivity (Wildman–Crippen MR) is 79.0 cm³/mol. The van der Waals surface area contributed by atoms with Gasteiger partial charge in [0.15, 0.2) is 0 Å². The lowest BCUT2D eigenvalue weighted by Crippen LogP contribution is -2.41. The summed E-state index contributed by atoms with van der Waals surface area (Å²) in [5, 5.41) is 0. The molecule has 0 spiro atoms. The summed E-state index contributed by atoms with van der Waals surface area (Å²) in [5.41, 5.74) is 3.36. The lowest BCUT2D eigenvalue weighted by molar-refractivity contribution is 0.125. The van der Waals surface area contributed by atoms with Crippen molar-refractivity contribution in [2.45, 2.75) is 45.7 Å². The van der Waals surface area contributed by atoms with Gasteiger partial charge in [-0.25, -0.2) is 0 Å². The van der Waals surface area contributed by atoms with Gasteiger partial charge in [-0.05, 0) is 26.7 Å². The molecule has 0 bridgehead atoms. The van der Waals surface area contributed by atoms with Crippen LogP contribution in [-0.2, 0) is 6.54 Å². The van der Waals surface area contributed by atoms with Gasteiger partial charge in [0.1, 0.15) is 5.75 Å². The summed E-state index contributed by atoms with van der Waals surface area (Å²) in [6.07, 6.45) is 5.83. The Morgan fingerprint density at radius 1 is 1.42 bits per heavy atom. The first-order valence-corrected chi connectivity index (χ1v) is 7.50. The predicted octanol–water partition coefficient (Wildman–Crippen LogP) is 3.30. The van der Waals surface area contributed by atoms with Crippen LogP contribution in [0, 0.1) is 13.8 Å². The Morgan fingerprint density at radius 2 is 2.16 bits per heavy atom. The van der Waals surface area contributed by atoms with E-state index in [9.17, 15) is 0 Å². The van der Waals surface area contributed by atoms with Crippen molar-refractivity contribution in [1.82, 2.24) is 9.88 Å². The molecule has 0 amide bonds. The van der Waals surface area contributed by atoms with Gasteiger partial charge < -0.3 is 4.74 Å². The van der Waals surface area contributed by atoms with E-state index in [0.717, 1.165) is 35.7 Å². The van der Waals surface area contributed by atoms with Crippen LogP contribution in [0.4, 0.5) is 0 Å². The van der Waals surface area contributed by atoms with Gasteiger partial charge in [-0.3, -0.25) is 9.88 Å². The molecular weight excluding hydrogens is 260 g/mol. The van der Waals surface area contributed by atoms with Crippen LogP contribution >= 0.6 is 11.6 Å². The molecule has 1 fully saturated rings. The van der Waals surface area contributed by atoms with Crippen molar-refractivity contribution in [3.05, 3.63) is 23.0 Å². The summed E-state index contributed by atoms with van der Waals surface area (Å²) in [4.78, 5) is 7.04. The maximum Gasteiger partial charge on any atom is 0.128 e. The van der Waals surface area contributed by atoms with E-state index >= 15 is 0 Å². The fourth-order valence-electron chi connectivity index (χ4n) is 2.67. The molecule has 4 heteroatoms. The first kappa shape index (κ1) is 14.6. The Morgan fingerprint density at radius 3 is 2.68 bits per heavy atom. The molecule has 2 rings (SSSR count). The van der Waals surface area contributed by atoms with Gasteiger partial charge >= 0.3 is 0 Å². The Bertz CT molecular complexity index is 432. The highest BCUT2D eigenvalue weighted by Crippen LogP contribution is 2.29. The second-order valence-electron chi connectivity index (χ2n) is 5.29. The molecular formula is C15H23ClN2O. The first-order valence-electron chi connectivity index (χ1n) is 6.96. The number of halogens is 1. The molecule has 0 saturated heterocycles. The fourth-order valence-corrected chi connectivity index (χ4v) is 2.89. The van der Waals surface area contributed by atoms with Crippen molar-refractivity contribution in [2.75, 3.05) is 19.5 Å². The van der Waals surface area contributed by atoms with Crippen molar-refractivity contribution in [3.63, 3.8) is 0 Å². The average Bonchev–Trinajstić information content (AvgIpc) is 2.31. The van der Waals surface area contributed by atoms with Gasteiger partial charge in [-0.15, -0.1) is 11.6 Å². The van der Waals surface area contributed by atoms with Gasteiger partial charge in [0, 0.05) is 42.3 Å². The molecule has 1 heterocycles. The van der Waals surface area contributed by atoms with E-state index in [1.807, 2.05) is 13.1 Å². The molecule has 0 radical (unpaired) electrons. The van der Waals surface area contributed by atoms with Crippen LogP contribution in [-0.4, -0.2) is 35.5 Å². The van der Waals surface area contributed by atoms with Crippen LogP contribution in [0.5, 0.6) is 5.75 Å². The number of nitrogens with zero attached hydrogens (tertiary/aromatic N) is 2. The Kier molecular flexibility index (Phi) is 5.06. The van der Waals surface area contributed by atoms with Crippen LogP contribution in [0.15, 0.2) is 6.20 Å². The number of pyridine rings is 1. The van der Waals surface area contributed by atoms with Crippen molar-refractivity contribution in [2.24, 2.45) is 0 Å². The molecule has 0 aromatic carbocycles. The van der Waals surface area contributed by atoms with Gasteiger partial charge in [-0.2, -0.15) is 0 Å². The lowest BCUT2D eigenvalue weighted by atomic mass is 9.91. The molecule has 106 valence electrons. The topological polar surface area (TPSA) is 25.4 Å². The zero-order valence-electron chi connectivity index (χ0n) is 12.1. The number of hydrogen-bond acceptors (Lipinski definition) is 3. The quantitative estimate of drug-likeness (QED) is 0.749. The van der Waals surface area contributed by atoms with Gasteiger partial charge in [0.2, 0.25) is 0 Å². The summed E-state index contributed by atoms with van der Waals surface area (Å²) in [7, 11) is 1.72. The SMILES string of the molecule is COc1c(C)cnc(CN(CCCl)C2CCC2)c1C. The monoisotopic (exact) mass is 282 g/mol. The maximum absolute atomic E-state index is 5.92. The minimum atomic E-state index is 0.679.